The zero-order valence-electron chi connectivity index (χ0n) is 9.33. The molecule has 84 valence electrons. The Balaban J connectivity index is 1.73. The molecule has 0 spiro atoms. The van der Waals surface area contributed by atoms with Crippen molar-refractivity contribution in [2.75, 3.05) is 19.6 Å². The van der Waals surface area contributed by atoms with Crippen LogP contribution < -0.4 is 10.6 Å². The molecular formula is C12H20N2O. The van der Waals surface area contributed by atoms with Gasteiger partial charge >= 0.3 is 0 Å². The molecule has 0 saturated carbocycles. The van der Waals surface area contributed by atoms with Crippen LogP contribution >= 0.6 is 0 Å². The Labute approximate surface area is 91.2 Å². The SMILES string of the molecule is CC(NCC1CCNCC1)c1ccco1. The van der Waals surface area contributed by atoms with Gasteiger partial charge in [0.25, 0.3) is 0 Å². The predicted molar refractivity (Wildman–Crippen MR) is 60.7 cm³/mol. The summed E-state index contributed by atoms with van der Waals surface area (Å²) in [6.45, 7) is 5.59. The first-order valence-electron chi connectivity index (χ1n) is 5.84. The molecule has 2 N–H and O–H groups in total. The molecule has 3 nitrogen and oxygen atoms in total. The molecule has 2 rings (SSSR count). The third kappa shape index (κ3) is 3.08. The van der Waals surface area contributed by atoms with Gasteiger partial charge in [0.1, 0.15) is 5.76 Å². The van der Waals surface area contributed by atoms with E-state index in [9.17, 15) is 0 Å². The number of nitrogens with one attached hydrogen (secondary N) is 2. The van der Waals surface area contributed by atoms with Crippen molar-refractivity contribution in [3.05, 3.63) is 24.2 Å². The summed E-state index contributed by atoms with van der Waals surface area (Å²) in [7, 11) is 0. The standard InChI is InChI=1S/C12H20N2O/c1-10(12-3-2-8-15-12)14-9-11-4-6-13-7-5-11/h2-3,8,10-11,13-14H,4-7,9H2,1H3. The highest BCUT2D eigenvalue weighted by atomic mass is 16.3. The second kappa shape index (κ2) is 5.33. The molecule has 1 aliphatic heterocycles. The number of hydrogen-bond donors (Lipinski definition) is 2. The van der Waals surface area contributed by atoms with Crippen LogP contribution in [0.15, 0.2) is 22.8 Å². The number of piperidine rings is 1. The highest BCUT2D eigenvalue weighted by Gasteiger charge is 2.14. The van der Waals surface area contributed by atoms with Gasteiger partial charge in [-0.1, -0.05) is 0 Å². The molecular weight excluding hydrogens is 188 g/mol. The van der Waals surface area contributed by atoms with Gasteiger partial charge in [0.05, 0.1) is 12.3 Å². The molecule has 1 aliphatic rings. The minimum Gasteiger partial charge on any atom is -0.468 e. The van der Waals surface area contributed by atoms with E-state index in [2.05, 4.69) is 17.6 Å². The highest BCUT2D eigenvalue weighted by molar-refractivity contribution is 5.02. The van der Waals surface area contributed by atoms with E-state index < -0.39 is 0 Å². The summed E-state index contributed by atoms with van der Waals surface area (Å²) in [6, 6.07) is 4.30. The molecule has 1 unspecified atom stereocenters. The van der Waals surface area contributed by atoms with Crippen LogP contribution in [0.25, 0.3) is 0 Å². The fraction of sp³-hybridized carbons (Fsp3) is 0.667. The van der Waals surface area contributed by atoms with Gasteiger partial charge in [-0.15, -0.1) is 0 Å². The van der Waals surface area contributed by atoms with E-state index in [0.29, 0.717) is 6.04 Å². The first-order valence-corrected chi connectivity index (χ1v) is 5.84. The summed E-state index contributed by atoms with van der Waals surface area (Å²) >= 11 is 0. The smallest absolute Gasteiger partial charge is 0.120 e. The van der Waals surface area contributed by atoms with Crippen LogP contribution in [-0.2, 0) is 0 Å². The Bertz CT molecular complexity index is 265. The van der Waals surface area contributed by atoms with Crippen molar-refractivity contribution in [2.45, 2.75) is 25.8 Å². The lowest BCUT2D eigenvalue weighted by atomic mass is 9.98. The largest absolute Gasteiger partial charge is 0.468 e. The maximum absolute atomic E-state index is 5.36. The van der Waals surface area contributed by atoms with Crippen molar-refractivity contribution in [3.63, 3.8) is 0 Å². The monoisotopic (exact) mass is 208 g/mol. The van der Waals surface area contributed by atoms with Crippen LogP contribution in [0, 0.1) is 5.92 Å². The van der Waals surface area contributed by atoms with E-state index in [1.54, 1.807) is 6.26 Å². The summed E-state index contributed by atoms with van der Waals surface area (Å²) in [5.74, 6) is 1.85. The minimum absolute atomic E-state index is 0.329. The van der Waals surface area contributed by atoms with Gasteiger partial charge in [-0.2, -0.15) is 0 Å². The molecule has 1 atom stereocenters. The van der Waals surface area contributed by atoms with Gasteiger partial charge in [-0.25, -0.2) is 0 Å². The van der Waals surface area contributed by atoms with Crippen molar-refractivity contribution in [3.8, 4) is 0 Å². The van der Waals surface area contributed by atoms with Crippen LogP contribution in [0.3, 0.4) is 0 Å². The Kier molecular flexibility index (Phi) is 3.80. The Morgan fingerprint density at radius 1 is 1.53 bits per heavy atom. The van der Waals surface area contributed by atoms with Crippen LogP contribution in [0.5, 0.6) is 0 Å². The highest BCUT2D eigenvalue weighted by Crippen LogP contribution is 2.15. The van der Waals surface area contributed by atoms with Gasteiger partial charge in [-0.05, 0) is 57.5 Å². The zero-order valence-corrected chi connectivity index (χ0v) is 9.33. The fourth-order valence-corrected chi connectivity index (χ4v) is 2.07. The van der Waals surface area contributed by atoms with E-state index in [-0.39, 0.29) is 0 Å². The first-order chi connectivity index (χ1) is 7.36. The predicted octanol–water partition coefficient (Wildman–Crippen LogP) is 1.93. The molecule has 1 aromatic rings. The summed E-state index contributed by atoms with van der Waals surface area (Å²) in [6.07, 6.45) is 4.31. The van der Waals surface area contributed by atoms with E-state index >= 15 is 0 Å². The maximum Gasteiger partial charge on any atom is 0.120 e. The summed E-state index contributed by atoms with van der Waals surface area (Å²) in [5, 5.41) is 6.92. The van der Waals surface area contributed by atoms with Gasteiger partial charge in [0.2, 0.25) is 0 Å². The van der Waals surface area contributed by atoms with Crippen molar-refractivity contribution in [2.24, 2.45) is 5.92 Å². The quantitative estimate of drug-likeness (QED) is 0.794. The topological polar surface area (TPSA) is 37.2 Å². The van der Waals surface area contributed by atoms with Crippen molar-refractivity contribution >= 4 is 0 Å². The number of rotatable bonds is 4. The molecule has 0 aromatic carbocycles. The maximum atomic E-state index is 5.36. The number of furan rings is 1. The third-order valence-corrected chi connectivity index (χ3v) is 3.14. The van der Waals surface area contributed by atoms with Crippen LogP contribution in [0.2, 0.25) is 0 Å². The average molecular weight is 208 g/mol. The van der Waals surface area contributed by atoms with E-state index in [1.165, 1.54) is 25.9 Å². The molecule has 1 aromatic heterocycles. The van der Waals surface area contributed by atoms with E-state index in [4.69, 9.17) is 4.42 Å². The molecule has 0 bridgehead atoms. The lowest BCUT2D eigenvalue weighted by Crippen LogP contribution is -2.34. The summed E-state index contributed by atoms with van der Waals surface area (Å²) in [4.78, 5) is 0. The lowest BCUT2D eigenvalue weighted by molar-refractivity contribution is 0.332. The summed E-state index contributed by atoms with van der Waals surface area (Å²) < 4.78 is 5.36. The molecule has 3 heteroatoms. The van der Waals surface area contributed by atoms with Crippen molar-refractivity contribution in [1.82, 2.24) is 10.6 Å². The first kappa shape index (κ1) is 10.7. The minimum atomic E-state index is 0.329. The van der Waals surface area contributed by atoms with Crippen LogP contribution in [0.1, 0.15) is 31.6 Å². The van der Waals surface area contributed by atoms with Crippen molar-refractivity contribution < 1.29 is 4.42 Å². The Morgan fingerprint density at radius 3 is 3.00 bits per heavy atom. The molecule has 0 amide bonds. The molecule has 1 fully saturated rings. The summed E-state index contributed by atoms with van der Waals surface area (Å²) in [5.41, 5.74) is 0. The van der Waals surface area contributed by atoms with Gasteiger partial charge in [-0.3, -0.25) is 0 Å². The second-order valence-corrected chi connectivity index (χ2v) is 4.34. The van der Waals surface area contributed by atoms with Gasteiger partial charge in [0, 0.05) is 0 Å². The normalized spacial score (nSPS) is 20.3. The van der Waals surface area contributed by atoms with Crippen LogP contribution in [0.4, 0.5) is 0 Å². The van der Waals surface area contributed by atoms with E-state index in [1.807, 2.05) is 12.1 Å². The lowest BCUT2D eigenvalue weighted by Gasteiger charge is -2.24. The van der Waals surface area contributed by atoms with Crippen molar-refractivity contribution in [1.29, 1.82) is 0 Å². The van der Waals surface area contributed by atoms with Gasteiger partial charge in [0.15, 0.2) is 0 Å². The molecule has 0 radical (unpaired) electrons. The molecule has 2 heterocycles. The van der Waals surface area contributed by atoms with E-state index in [0.717, 1.165) is 18.2 Å². The molecule has 0 aliphatic carbocycles. The average Bonchev–Trinajstić information content (AvgIpc) is 2.81. The Hall–Kier alpha value is -0.800. The molecule has 1 saturated heterocycles. The fourth-order valence-electron chi connectivity index (χ4n) is 2.07. The molecule has 15 heavy (non-hydrogen) atoms. The second-order valence-electron chi connectivity index (χ2n) is 4.34. The Morgan fingerprint density at radius 2 is 2.33 bits per heavy atom. The van der Waals surface area contributed by atoms with Gasteiger partial charge < -0.3 is 15.1 Å². The van der Waals surface area contributed by atoms with Crippen LogP contribution in [-0.4, -0.2) is 19.6 Å². The zero-order chi connectivity index (χ0) is 10.5. The number of hydrogen-bond acceptors (Lipinski definition) is 3. The third-order valence-electron chi connectivity index (χ3n) is 3.14.